The van der Waals surface area contributed by atoms with Crippen molar-refractivity contribution >= 4 is 0 Å². The second kappa shape index (κ2) is 6.72. The first-order valence-electron chi connectivity index (χ1n) is 6.99. The van der Waals surface area contributed by atoms with Crippen LogP contribution in [-0.4, -0.2) is 49.8 Å². The molecule has 1 aliphatic rings. The normalized spacial score (nSPS) is 25.6. The molecular weight excluding hydrogens is 212 g/mol. The molecule has 0 aromatic carbocycles. The molecule has 0 bridgehead atoms. The van der Waals surface area contributed by atoms with E-state index in [1.807, 2.05) is 7.11 Å². The van der Waals surface area contributed by atoms with E-state index in [2.05, 4.69) is 37.9 Å². The van der Waals surface area contributed by atoms with Gasteiger partial charge in [-0.3, -0.25) is 4.90 Å². The van der Waals surface area contributed by atoms with E-state index < -0.39 is 0 Å². The SMILES string of the molecule is CCC(C)C1CN(CC(C)(C)OC)CCCN1. The summed E-state index contributed by atoms with van der Waals surface area (Å²) in [6.07, 6.45) is 2.49. The van der Waals surface area contributed by atoms with Crippen LogP contribution >= 0.6 is 0 Å². The van der Waals surface area contributed by atoms with E-state index in [1.165, 1.54) is 19.4 Å². The average Bonchev–Trinajstić information content (AvgIpc) is 2.53. The monoisotopic (exact) mass is 242 g/mol. The largest absolute Gasteiger partial charge is 0.377 e. The van der Waals surface area contributed by atoms with E-state index in [1.54, 1.807) is 0 Å². The molecule has 1 rings (SSSR count). The molecule has 0 saturated carbocycles. The molecule has 2 unspecified atom stereocenters. The summed E-state index contributed by atoms with van der Waals surface area (Å²) in [7, 11) is 1.81. The third kappa shape index (κ3) is 4.94. The van der Waals surface area contributed by atoms with Crippen molar-refractivity contribution in [3.63, 3.8) is 0 Å². The first kappa shape index (κ1) is 14.9. The van der Waals surface area contributed by atoms with Crippen LogP contribution in [0.25, 0.3) is 0 Å². The van der Waals surface area contributed by atoms with Gasteiger partial charge in [0.1, 0.15) is 0 Å². The van der Waals surface area contributed by atoms with Gasteiger partial charge in [-0.15, -0.1) is 0 Å². The van der Waals surface area contributed by atoms with Crippen molar-refractivity contribution in [2.75, 3.05) is 33.3 Å². The fraction of sp³-hybridized carbons (Fsp3) is 1.00. The van der Waals surface area contributed by atoms with E-state index in [0.29, 0.717) is 6.04 Å². The highest BCUT2D eigenvalue weighted by atomic mass is 16.5. The van der Waals surface area contributed by atoms with E-state index >= 15 is 0 Å². The standard InChI is InChI=1S/C14H30N2O/c1-6-12(2)13-10-16(9-7-8-15-13)11-14(3,4)17-5/h12-13,15H,6-11H2,1-5H3. The summed E-state index contributed by atoms with van der Waals surface area (Å²) >= 11 is 0. The number of methoxy groups -OCH3 is 1. The zero-order valence-corrected chi connectivity index (χ0v) is 12.3. The molecule has 0 aromatic rings. The number of rotatable bonds is 5. The quantitative estimate of drug-likeness (QED) is 0.799. The predicted molar refractivity (Wildman–Crippen MR) is 73.4 cm³/mol. The van der Waals surface area contributed by atoms with E-state index in [9.17, 15) is 0 Å². The maximum atomic E-state index is 5.54. The van der Waals surface area contributed by atoms with E-state index in [-0.39, 0.29) is 5.60 Å². The molecule has 1 saturated heterocycles. The van der Waals surface area contributed by atoms with Gasteiger partial charge < -0.3 is 10.1 Å². The highest BCUT2D eigenvalue weighted by Crippen LogP contribution is 2.16. The Bertz CT molecular complexity index is 218. The molecule has 0 aliphatic carbocycles. The topological polar surface area (TPSA) is 24.5 Å². The van der Waals surface area contributed by atoms with Gasteiger partial charge in [0, 0.05) is 26.2 Å². The highest BCUT2D eigenvalue weighted by Gasteiger charge is 2.26. The van der Waals surface area contributed by atoms with Gasteiger partial charge in [-0.25, -0.2) is 0 Å². The summed E-state index contributed by atoms with van der Waals surface area (Å²) in [4.78, 5) is 2.56. The van der Waals surface area contributed by atoms with Crippen LogP contribution in [0.1, 0.15) is 40.5 Å². The average molecular weight is 242 g/mol. The first-order chi connectivity index (χ1) is 7.98. The summed E-state index contributed by atoms with van der Waals surface area (Å²) in [5.41, 5.74) is -0.0374. The lowest BCUT2D eigenvalue weighted by molar-refractivity contribution is -0.00868. The zero-order chi connectivity index (χ0) is 12.9. The number of hydrogen-bond donors (Lipinski definition) is 1. The lowest BCUT2D eigenvalue weighted by atomic mass is 9.98. The lowest BCUT2D eigenvalue weighted by Crippen LogP contribution is -2.46. The minimum absolute atomic E-state index is 0.0374. The first-order valence-corrected chi connectivity index (χ1v) is 6.99. The fourth-order valence-corrected chi connectivity index (χ4v) is 2.44. The molecule has 1 fully saturated rings. The van der Waals surface area contributed by atoms with Gasteiger partial charge in [-0.05, 0) is 39.3 Å². The van der Waals surface area contributed by atoms with Gasteiger partial charge in [0.25, 0.3) is 0 Å². The smallest absolute Gasteiger partial charge is 0.0749 e. The van der Waals surface area contributed by atoms with Gasteiger partial charge in [-0.2, -0.15) is 0 Å². The minimum Gasteiger partial charge on any atom is -0.377 e. The van der Waals surface area contributed by atoms with Crippen LogP contribution in [0.2, 0.25) is 0 Å². The van der Waals surface area contributed by atoms with Crippen LogP contribution in [0.5, 0.6) is 0 Å². The highest BCUT2D eigenvalue weighted by molar-refractivity contribution is 4.83. The van der Waals surface area contributed by atoms with Gasteiger partial charge in [0.2, 0.25) is 0 Å². The predicted octanol–water partition coefficient (Wildman–Crippen LogP) is 2.12. The Morgan fingerprint density at radius 2 is 2.18 bits per heavy atom. The van der Waals surface area contributed by atoms with Crippen molar-refractivity contribution in [1.82, 2.24) is 10.2 Å². The lowest BCUT2D eigenvalue weighted by Gasteiger charge is -2.33. The van der Waals surface area contributed by atoms with Crippen LogP contribution < -0.4 is 5.32 Å². The molecule has 1 aliphatic heterocycles. The Labute approximate surface area is 107 Å². The van der Waals surface area contributed by atoms with Crippen molar-refractivity contribution in [3.8, 4) is 0 Å². The molecule has 0 aromatic heterocycles. The van der Waals surface area contributed by atoms with Crippen LogP contribution in [0.3, 0.4) is 0 Å². The Balaban J connectivity index is 2.54. The summed E-state index contributed by atoms with van der Waals surface area (Å²) in [6, 6.07) is 0.634. The molecule has 1 heterocycles. The summed E-state index contributed by atoms with van der Waals surface area (Å²) in [6.45, 7) is 13.5. The second-order valence-corrected chi connectivity index (χ2v) is 6.00. The summed E-state index contributed by atoms with van der Waals surface area (Å²) < 4.78 is 5.54. The molecule has 102 valence electrons. The molecule has 17 heavy (non-hydrogen) atoms. The molecule has 0 spiro atoms. The molecule has 1 N–H and O–H groups in total. The van der Waals surface area contributed by atoms with Gasteiger partial charge >= 0.3 is 0 Å². The third-order valence-electron chi connectivity index (χ3n) is 4.00. The van der Waals surface area contributed by atoms with Crippen LogP contribution in [-0.2, 0) is 4.74 Å². The Kier molecular flexibility index (Phi) is 5.90. The van der Waals surface area contributed by atoms with Gasteiger partial charge in [0.15, 0.2) is 0 Å². The van der Waals surface area contributed by atoms with Crippen molar-refractivity contribution in [2.45, 2.75) is 52.2 Å². The Hall–Kier alpha value is -0.120. The number of ether oxygens (including phenoxy) is 1. The van der Waals surface area contributed by atoms with Crippen molar-refractivity contribution in [1.29, 1.82) is 0 Å². The summed E-state index contributed by atoms with van der Waals surface area (Å²) in [5.74, 6) is 0.751. The fourth-order valence-electron chi connectivity index (χ4n) is 2.44. The van der Waals surface area contributed by atoms with Crippen molar-refractivity contribution in [3.05, 3.63) is 0 Å². The maximum absolute atomic E-state index is 5.54. The summed E-state index contributed by atoms with van der Waals surface area (Å²) in [5, 5.41) is 3.68. The molecule has 0 radical (unpaired) electrons. The molecular formula is C14H30N2O. The van der Waals surface area contributed by atoms with Crippen molar-refractivity contribution in [2.24, 2.45) is 5.92 Å². The minimum atomic E-state index is -0.0374. The van der Waals surface area contributed by atoms with Crippen LogP contribution in [0.15, 0.2) is 0 Å². The zero-order valence-electron chi connectivity index (χ0n) is 12.3. The van der Waals surface area contributed by atoms with Crippen LogP contribution in [0.4, 0.5) is 0 Å². The maximum Gasteiger partial charge on any atom is 0.0749 e. The van der Waals surface area contributed by atoms with E-state index in [0.717, 1.165) is 25.6 Å². The Morgan fingerprint density at radius 1 is 1.47 bits per heavy atom. The molecule has 2 atom stereocenters. The number of nitrogens with one attached hydrogen (secondary N) is 1. The van der Waals surface area contributed by atoms with Gasteiger partial charge in [0.05, 0.1) is 5.60 Å². The molecule has 3 nitrogen and oxygen atoms in total. The van der Waals surface area contributed by atoms with Crippen LogP contribution in [0, 0.1) is 5.92 Å². The molecule has 3 heteroatoms. The third-order valence-corrected chi connectivity index (χ3v) is 4.00. The van der Waals surface area contributed by atoms with Gasteiger partial charge in [-0.1, -0.05) is 20.3 Å². The Morgan fingerprint density at radius 3 is 2.76 bits per heavy atom. The second-order valence-electron chi connectivity index (χ2n) is 6.00. The van der Waals surface area contributed by atoms with E-state index in [4.69, 9.17) is 4.74 Å². The number of hydrogen-bond acceptors (Lipinski definition) is 3. The number of nitrogens with zero attached hydrogens (tertiary/aromatic N) is 1. The molecule has 0 amide bonds. The van der Waals surface area contributed by atoms with Crippen molar-refractivity contribution < 1.29 is 4.74 Å².